The normalized spacial score (nSPS) is 22.0. The van der Waals surface area contributed by atoms with Gasteiger partial charge in [0.25, 0.3) is 0 Å². The summed E-state index contributed by atoms with van der Waals surface area (Å²) in [5, 5.41) is 7.30. The van der Waals surface area contributed by atoms with Crippen LogP contribution < -0.4 is 5.32 Å². The highest BCUT2D eigenvalue weighted by molar-refractivity contribution is 6.00. The van der Waals surface area contributed by atoms with Gasteiger partial charge in [0.1, 0.15) is 24.0 Å². The highest BCUT2D eigenvalue weighted by Crippen LogP contribution is 2.45. The molecule has 0 spiro atoms. The van der Waals surface area contributed by atoms with E-state index in [1.165, 1.54) is 23.1 Å². The van der Waals surface area contributed by atoms with Gasteiger partial charge in [0.05, 0.1) is 0 Å². The molecule has 1 aromatic heterocycles. The smallest absolute Gasteiger partial charge is 0.226 e. The van der Waals surface area contributed by atoms with E-state index in [4.69, 9.17) is 0 Å². The molecular weight excluding hydrogens is 314 g/mol. The molecule has 7 heteroatoms. The summed E-state index contributed by atoms with van der Waals surface area (Å²) in [6.45, 7) is 4.04. The van der Waals surface area contributed by atoms with Gasteiger partial charge in [-0.3, -0.25) is 4.79 Å². The molecule has 0 fully saturated rings. The van der Waals surface area contributed by atoms with E-state index in [1.807, 2.05) is 13.8 Å². The molecule has 1 N–H and O–H groups in total. The standard InChI is InChI=1S/C17H16F2N4O/c1-17(2)6-12-14(13(24)7-17)15(23-16(22-12)20-8-21-23)9-3-10(18)5-11(19)4-9/h3-5,8,15H,6-7H2,1-2H3,(H,20,21,22). The summed E-state index contributed by atoms with van der Waals surface area (Å²) in [7, 11) is 0. The van der Waals surface area contributed by atoms with Crippen LogP contribution in [0.3, 0.4) is 0 Å². The molecule has 0 amide bonds. The maximum Gasteiger partial charge on any atom is 0.226 e. The van der Waals surface area contributed by atoms with E-state index >= 15 is 0 Å². The second-order valence-electron chi connectivity index (χ2n) is 7.09. The lowest BCUT2D eigenvalue weighted by molar-refractivity contribution is -0.118. The lowest BCUT2D eigenvalue weighted by Gasteiger charge is -2.38. The first-order chi connectivity index (χ1) is 11.3. The Morgan fingerprint density at radius 3 is 2.62 bits per heavy atom. The first kappa shape index (κ1) is 15.0. The fourth-order valence-corrected chi connectivity index (χ4v) is 3.59. The lowest BCUT2D eigenvalue weighted by Crippen LogP contribution is -2.36. The first-order valence-corrected chi connectivity index (χ1v) is 7.73. The minimum absolute atomic E-state index is 0.0374. The minimum Gasteiger partial charge on any atom is -0.328 e. The van der Waals surface area contributed by atoms with Gasteiger partial charge in [-0.1, -0.05) is 13.8 Å². The molecule has 1 unspecified atom stereocenters. The quantitative estimate of drug-likeness (QED) is 0.872. The van der Waals surface area contributed by atoms with E-state index in [-0.39, 0.29) is 11.2 Å². The van der Waals surface area contributed by atoms with Crippen molar-refractivity contribution >= 4 is 11.7 Å². The van der Waals surface area contributed by atoms with Crippen LogP contribution in [0.5, 0.6) is 0 Å². The number of Topliss-reactive ketones (excluding diaryl/α,β-unsaturated/α-hetero) is 1. The Morgan fingerprint density at radius 1 is 1.21 bits per heavy atom. The Morgan fingerprint density at radius 2 is 1.92 bits per heavy atom. The zero-order valence-corrected chi connectivity index (χ0v) is 13.3. The lowest BCUT2D eigenvalue weighted by atomic mass is 9.73. The summed E-state index contributed by atoms with van der Waals surface area (Å²) >= 11 is 0. The number of halogens is 2. The molecule has 2 heterocycles. The highest BCUT2D eigenvalue weighted by atomic mass is 19.1. The van der Waals surface area contributed by atoms with Gasteiger partial charge in [-0.05, 0) is 29.5 Å². The fraction of sp³-hybridized carbons (Fsp3) is 0.353. The van der Waals surface area contributed by atoms with Crippen LogP contribution in [0.1, 0.15) is 38.3 Å². The van der Waals surface area contributed by atoms with E-state index in [9.17, 15) is 13.6 Å². The molecule has 0 bridgehead atoms. The topological polar surface area (TPSA) is 59.8 Å². The molecule has 5 nitrogen and oxygen atoms in total. The van der Waals surface area contributed by atoms with Crippen LogP contribution in [-0.4, -0.2) is 20.5 Å². The Hall–Kier alpha value is -2.57. The van der Waals surface area contributed by atoms with Crippen LogP contribution in [-0.2, 0) is 4.79 Å². The Balaban J connectivity index is 1.93. The number of rotatable bonds is 1. The molecule has 0 saturated carbocycles. The summed E-state index contributed by atoms with van der Waals surface area (Å²) < 4.78 is 29.0. The molecule has 0 saturated heterocycles. The van der Waals surface area contributed by atoms with Crippen molar-refractivity contribution in [3.05, 3.63) is 53.0 Å². The number of hydrogen-bond acceptors (Lipinski definition) is 4. The van der Waals surface area contributed by atoms with Crippen LogP contribution in [0.2, 0.25) is 0 Å². The third-order valence-corrected chi connectivity index (χ3v) is 4.47. The van der Waals surface area contributed by atoms with Crippen LogP contribution in [0.15, 0.2) is 35.8 Å². The average Bonchev–Trinajstić information content (AvgIpc) is 2.90. The number of fused-ring (bicyclic) bond motifs is 1. The van der Waals surface area contributed by atoms with Gasteiger partial charge >= 0.3 is 0 Å². The second kappa shape index (κ2) is 4.96. The monoisotopic (exact) mass is 330 g/mol. The van der Waals surface area contributed by atoms with Gasteiger partial charge in [-0.25, -0.2) is 13.5 Å². The van der Waals surface area contributed by atoms with Gasteiger partial charge in [0.2, 0.25) is 5.95 Å². The van der Waals surface area contributed by atoms with Crippen molar-refractivity contribution in [2.75, 3.05) is 5.32 Å². The van der Waals surface area contributed by atoms with E-state index in [0.717, 1.165) is 11.8 Å². The third-order valence-electron chi connectivity index (χ3n) is 4.47. The molecule has 24 heavy (non-hydrogen) atoms. The number of nitrogens with one attached hydrogen (secondary N) is 1. The van der Waals surface area contributed by atoms with Gasteiger partial charge in [0, 0.05) is 23.8 Å². The molecule has 2 aliphatic rings. The zero-order chi connectivity index (χ0) is 17.1. The van der Waals surface area contributed by atoms with Gasteiger partial charge in [-0.2, -0.15) is 10.1 Å². The largest absolute Gasteiger partial charge is 0.328 e. The van der Waals surface area contributed by atoms with E-state index in [2.05, 4.69) is 15.4 Å². The maximum atomic E-state index is 13.7. The molecular formula is C17H16F2N4O. The van der Waals surface area contributed by atoms with Crippen molar-refractivity contribution in [1.29, 1.82) is 0 Å². The number of anilines is 1. The van der Waals surface area contributed by atoms with Crippen molar-refractivity contribution in [1.82, 2.24) is 14.8 Å². The van der Waals surface area contributed by atoms with Crippen molar-refractivity contribution in [3.8, 4) is 0 Å². The van der Waals surface area contributed by atoms with E-state index in [0.29, 0.717) is 29.9 Å². The van der Waals surface area contributed by atoms with Gasteiger partial charge < -0.3 is 5.32 Å². The summed E-state index contributed by atoms with van der Waals surface area (Å²) in [4.78, 5) is 16.9. The van der Waals surface area contributed by atoms with Crippen molar-refractivity contribution in [2.45, 2.75) is 32.7 Å². The van der Waals surface area contributed by atoms with Crippen LogP contribution >= 0.6 is 0 Å². The van der Waals surface area contributed by atoms with Gasteiger partial charge in [0.15, 0.2) is 5.78 Å². The molecule has 1 aliphatic heterocycles. The molecule has 1 atom stereocenters. The second-order valence-corrected chi connectivity index (χ2v) is 7.09. The number of aromatic nitrogens is 3. The maximum absolute atomic E-state index is 13.7. The summed E-state index contributed by atoms with van der Waals surface area (Å²) in [6.07, 6.45) is 2.40. The minimum atomic E-state index is -0.684. The summed E-state index contributed by atoms with van der Waals surface area (Å²) in [6, 6.07) is 2.62. The van der Waals surface area contributed by atoms with Gasteiger partial charge in [-0.15, -0.1) is 0 Å². The van der Waals surface area contributed by atoms with E-state index in [1.54, 1.807) is 0 Å². The number of ketones is 1. The molecule has 4 rings (SSSR count). The number of nitrogens with zero attached hydrogens (tertiary/aromatic N) is 3. The number of carbonyl (C=O) groups is 1. The predicted octanol–water partition coefficient (Wildman–Crippen LogP) is 3.21. The Bertz CT molecular complexity index is 864. The Labute approximate surface area is 137 Å². The number of hydrogen-bond donors (Lipinski definition) is 1. The van der Waals surface area contributed by atoms with Crippen LogP contribution in [0.25, 0.3) is 0 Å². The molecule has 1 aliphatic carbocycles. The summed E-state index contributed by atoms with van der Waals surface area (Å²) in [5.41, 5.74) is 1.44. The predicted molar refractivity (Wildman–Crippen MR) is 83.2 cm³/mol. The molecule has 1 aromatic carbocycles. The molecule has 124 valence electrons. The molecule has 2 aromatic rings. The van der Waals surface area contributed by atoms with Crippen molar-refractivity contribution in [2.24, 2.45) is 5.41 Å². The number of allylic oxidation sites excluding steroid dienone is 2. The van der Waals surface area contributed by atoms with Crippen LogP contribution in [0.4, 0.5) is 14.7 Å². The van der Waals surface area contributed by atoms with E-state index < -0.39 is 17.7 Å². The number of carbonyl (C=O) groups excluding carboxylic acids is 1. The highest BCUT2D eigenvalue weighted by Gasteiger charge is 2.41. The van der Waals surface area contributed by atoms with Crippen molar-refractivity contribution in [3.63, 3.8) is 0 Å². The SMILES string of the molecule is CC1(C)CC(=O)C2=C(C1)Nc1ncnn1C2c1cc(F)cc(F)c1. The van der Waals surface area contributed by atoms with Crippen molar-refractivity contribution < 1.29 is 13.6 Å². The third kappa shape index (κ3) is 2.31. The summed E-state index contributed by atoms with van der Waals surface area (Å²) in [5.74, 6) is -0.939. The number of benzene rings is 1. The average molecular weight is 330 g/mol. The first-order valence-electron chi connectivity index (χ1n) is 7.73. The fourth-order valence-electron chi connectivity index (χ4n) is 3.59. The van der Waals surface area contributed by atoms with Crippen LogP contribution in [0, 0.1) is 17.0 Å². The zero-order valence-electron chi connectivity index (χ0n) is 13.3. The Kier molecular flexibility index (Phi) is 3.10. The molecule has 0 radical (unpaired) electrons.